The van der Waals surface area contributed by atoms with Gasteiger partial charge in [0.05, 0.1) is 6.10 Å². The Kier molecular flexibility index (Phi) is 6.54. The Bertz CT molecular complexity index is 157. The molecule has 0 saturated heterocycles. The number of aliphatic imine (C=N–C) groups is 1. The first kappa shape index (κ1) is 12.4. The van der Waals surface area contributed by atoms with E-state index in [1.165, 1.54) is 0 Å². The fraction of sp³-hybridized carbons (Fsp3) is 0.889. The Hall–Kier alpha value is -0.610. The highest BCUT2D eigenvalue weighted by Gasteiger charge is 2.03. The Morgan fingerprint density at radius 2 is 2.08 bits per heavy atom. The quantitative estimate of drug-likeness (QED) is 0.293. The lowest BCUT2D eigenvalue weighted by Crippen LogP contribution is -2.31. The average Bonchev–Trinajstić information content (AvgIpc) is 2.10. The summed E-state index contributed by atoms with van der Waals surface area (Å²) < 4.78 is 5.13. The topological polar surface area (TPSA) is 59.6 Å². The summed E-state index contributed by atoms with van der Waals surface area (Å²) >= 11 is 0. The summed E-state index contributed by atoms with van der Waals surface area (Å²) in [4.78, 5) is 4.33. The lowest BCUT2D eigenvalue weighted by Gasteiger charge is -2.11. The van der Waals surface area contributed by atoms with E-state index >= 15 is 0 Å². The molecule has 0 radical (unpaired) electrons. The first-order chi connectivity index (χ1) is 6.10. The summed E-state index contributed by atoms with van der Waals surface area (Å²) in [6.45, 7) is 6.08. The van der Waals surface area contributed by atoms with Crippen LogP contribution < -0.4 is 11.3 Å². The van der Waals surface area contributed by atoms with E-state index in [4.69, 9.17) is 10.6 Å². The molecular formula is C9H21N3O. The van der Waals surface area contributed by atoms with Gasteiger partial charge in [0.1, 0.15) is 5.84 Å². The van der Waals surface area contributed by atoms with Crippen molar-refractivity contribution in [3.8, 4) is 0 Å². The van der Waals surface area contributed by atoms with Crippen LogP contribution in [0.2, 0.25) is 0 Å². The van der Waals surface area contributed by atoms with E-state index in [9.17, 15) is 0 Å². The second-order valence-corrected chi connectivity index (χ2v) is 3.40. The van der Waals surface area contributed by atoms with Crippen molar-refractivity contribution in [1.82, 2.24) is 5.43 Å². The van der Waals surface area contributed by atoms with Crippen molar-refractivity contribution in [2.24, 2.45) is 10.8 Å². The number of methoxy groups -OCH3 is 1. The lowest BCUT2D eigenvalue weighted by molar-refractivity contribution is 0.112. The maximum atomic E-state index is 5.33. The van der Waals surface area contributed by atoms with E-state index in [0.717, 1.165) is 18.7 Å². The number of ether oxygens (including phenoxy) is 1. The van der Waals surface area contributed by atoms with E-state index in [0.29, 0.717) is 0 Å². The smallest absolute Gasteiger partial charge is 0.111 e. The highest BCUT2D eigenvalue weighted by Crippen LogP contribution is 2.01. The zero-order chi connectivity index (χ0) is 10.3. The zero-order valence-electron chi connectivity index (χ0n) is 9.00. The van der Waals surface area contributed by atoms with Gasteiger partial charge in [0.15, 0.2) is 0 Å². The first-order valence-corrected chi connectivity index (χ1v) is 4.66. The number of nitrogens with zero attached hydrogens (tertiary/aromatic N) is 1. The number of hydrogen-bond donors (Lipinski definition) is 2. The number of amidine groups is 1. The van der Waals surface area contributed by atoms with Gasteiger partial charge < -0.3 is 10.2 Å². The number of hydrazine groups is 1. The first-order valence-electron chi connectivity index (χ1n) is 4.66. The zero-order valence-corrected chi connectivity index (χ0v) is 9.00. The molecule has 0 aliphatic heterocycles. The molecule has 0 aromatic rings. The predicted octanol–water partition coefficient (Wildman–Crippen LogP) is 1.07. The van der Waals surface area contributed by atoms with Crippen LogP contribution in [-0.4, -0.2) is 25.1 Å². The van der Waals surface area contributed by atoms with Crippen molar-refractivity contribution in [2.75, 3.05) is 7.11 Å². The monoisotopic (exact) mass is 187 g/mol. The summed E-state index contributed by atoms with van der Waals surface area (Å²) in [5, 5.41) is 0. The fourth-order valence-electron chi connectivity index (χ4n) is 0.943. The Labute approximate surface area is 80.5 Å². The molecule has 0 saturated carbocycles. The van der Waals surface area contributed by atoms with Crippen molar-refractivity contribution < 1.29 is 4.74 Å². The van der Waals surface area contributed by atoms with Gasteiger partial charge in [-0.2, -0.15) is 0 Å². The molecule has 1 atom stereocenters. The third-order valence-electron chi connectivity index (χ3n) is 1.77. The van der Waals surface area contributed by atoms with E-state index < -0.39 is 0 Å². The Morgan fingerprint density at radius 1 is 1.46 bits per heavy atom. The van der Waals surface area contributed by atoms with Crippen LogP contribution in [0.15, 0.2) is 4.99 Å². The van der Waals surface area contributed by atoms with Crippen LogP contribution in [0.4, 0.5) is 0 Å². The Morgan fingerprint density at radius 3 is 2.46 bits per heavy atom. The molecule has 0 fully saturated rings. The van der Waals surface area contributed by atoms with E-state index in [2.05, 4.69) is 10.4 Å². The number of nitrogens with one attached hydrogen (secondary N) is 1. The minimum absolute atomic E-state index is 0.255. The van der Waals surface area contributed by atoms with Gasteiger partial charge >= 0.3 is 0 Å². The summed E-state index contributed by atoms with van der Waals surface area (Å²) in [5.41, 5.74) is 2.61. The van der Waals surface area contributed by atoms with Crippen LogP contribution in [0.5, 0.6) is 0 Å². The van der Waals surface area contributed by atoms with Gasteiger partial charge in [-0.1, -0.05) is 0 Å². The second-order valence-electron chi connectivity index (χ2n) is 3.40. The van der Waals surface area contributed by atoms with Crippen LogP contribution >= 0.6 is 0 Å². The predicted molar refractivity (Wildman–Crippen MR) is 55.6 cm³/mol. The molecule has 0 aliphatic rings. The number of nitrogens with two attached hydrogens (primary N) is 1. The summed E-state index contributed by atoms with van der Waals surface area (Å²) in [6, 6.07) is 0.281. The molecule has 0 amide bonds. The molecule has 4 nitrogen and oxygen atoms in total. The summed E-state index contributed by atoms with van der Waals surface area (Å²) in [6.07, 6.45) is 2.03. The standard InChI is InChI=1S/C9H21N3O/c1-7(2)11-9(12-10)6-5-8(3)13-4/h7-8H,5-6,10H2,1-4H3,(H,11,12). The Balaban J connectivity index is 3.85. The van der Waals surface area contributed by atoms with Gasteiger partial charge in [0.25, 0.3) is 0 Å². The van der Waals surface area contributed by atoms with Crippen LogP contribution in [0.1, 0.15) is 33.6 Å². The SMILES string of the molecule is COC(C)CCC(=NC(C)C)NN. The molecule has 1 unspecified atom stereocenters. The molecule has 0 bridgehead atoms. The third kappa shape index (κ3) is 6.54. The average molecular weight is 187 g/mol. The molecule has 4 heteroatoms. The molecule has 0 aromatic heterocycles. The number of hydrogen-bond acceptors (Lipinski definition) is 3. The molecule has 13 heavy (non-hydrogen) atoms. The largest absolute Gasteiger partial charge is 0.382 e. The van der Waals surface area contributed by atoms with Gasteiger partial charge in [-0.25, -0.2) is 5.84 Å². The third-order valence-corrected chi connectivity index (χ3v) is 1.77. The molecular weight excluding hydrogens is 166 g/mol. The van der Waals surface area contributed by atoms with Crippen molar-refractivity contribution >= 4 is 5.84 Å². The molecule has 0 aliphatic carbocycles. The maximum absolute atomic E-state index is 5.33. The lowest BCUT2D eigenvalue weighted by atomic mass is 10.2. The van der Waals surface area contributed by atoms with E-state index in [-0.39, 0.29) is 12.1 Å². The minimum atomic E-state index is 0.255. The van der Waals surface area contributed by atoms with Gasteiger partial charge in [0, 0.05) is 19.6 Å². The highest BCUT2D eigenvalue weighted by molar-refractivity contribution is 5.81. The second kappa shape index (κ2) is 6.86. The maximum Gasteiger partial charge on any atom is 0.111 e. The normalized spacial score (nSPS) is 14.8. The minimum Gasteiger partial charge on any atom is -0.382 e. The molecule has 0 heterocycles. The van der Waals surface area contributed by atoms with Gasteiger partial charge in [-0.15, -0.1) is 0 Å². The van der Waals surface area contributed by atoms with Crippen LogP contribution in [0.3, 0.4) is 0 Å². The molecule has 3 N–H and O–H groups in total. The highest BCUT2D eigenvalue weighted by atomic mass is 16.5. The molecule has 78 valence electrons. The fourth-order valence-corrected chi connectivity index (χ4v) is 0.943. The van der Waals surface area contributed by atoms with Gasteiger partial charge in [-0.05, 0) is 27.2 Å². The van der Waals surface area contributed by atoms with Gasteiger partial charge in [-0.3, -0.25) is 4.99 Å². The van der Waals surface area contributed by atoms with Crippen molar-refractivity contribution in [3.05, 3.63) is 0 Å². The van der Waals surface area contributed by atoms with Gasteiger partial charge in [0.2, 0.25) is 0 Å². The van der Waals surface area contributed by atoms with Crippen LogP contribution in [-0.2, 0) is 4.74 Å². The van der Waals surface area contributed by atoms with Crippen LogP contribution in [0, 0.1) is 0 Å². The summed E-state index contributed by atoms with van der Waals surface area (Å²) in [7, 11) is 1.71. The summed E-state index contributed by atoms with van der Waals surface area (Å²) in [5.74, 6) is 6.17. The van der Waals surface area contributed by atoms with Crippen molar-refractivity contribution in [3.63, 3.8) is 0 Å². The van der Waals surface area contributed by atoms with Crippen molar-refractivity contribution in [1.29, 1.82) is 0 Å². The number of rotatable bonds is 5. The van der Waals surface area contributed by atoms with E-state index in [1.54, 1.807) is 7.11 Å². The molecule has 0 rings (SSSR count). The van der Waals surface area contributed by atoms with Crippen molar-refractivity contribution in [2.45, 2.75) is 45.8 Å². The van der Waals surface area contributed by atoms with E-state index in [1.807, 2.05) is 20.8 Å². The molecule has 0 spiro atoms. The van der Waals surface area contributed by atoms with Crippen LogP contribution in [0.25, 0.3) is 0 Å². The molecule has 0 aromatic carbocycles.